The van der Waals surface area contributed by atoms with Crippen LogP contribution in [0.15, 0.2) is 0 Å². The van der Waals surface area contributed by atoms with E-state index in [1.807, 2.05) is 4.90 Å². The first-order chi connectivity index (χ1) is 8.73. The Hall–Kier alpha value is -0.610. The molecule has 1 N–H and O–H groups in total. The number of hydrogen-bond acceptors (Lipinski definition) is 3. The summed E-state index contributed by atoms with van der Waals surface area (Å²) in [7, 11) is 0. The third kappa shape index (κ3) is 2.86. The van der Waals surface area contributed by atoms with Crippen LogP contribution in [0.25, 0.3) is 0 Å². The lowest BCUT2D eigenvalue weighted by atomic mass is 10.2. The van der Waals surface area contributed by atoms with Crippen molar-refractivity contribution in [2.24, 2.45) is 0 Å². The number of carbonyl (C=O) groups excluding carboxylic acids is 1. The van der Waals surface area contributed by atoms with Crippen molar-refractivity contribution in [1.82, 2.24) is 10.2 Å². The van der Waals surface area contributed by atoms with Gasteiger partial charge in [0, 0.05) is 13.2 Å². The molecule has 0 bridgehead atoms. The van der Waals surface area contributed by atoms with Crippen LogP contribution in [0, 0.1) is 0 Å². The third-order valence-electron chi connectivity index (χ3n) is 3.92. The second-order valence-corrected chi connectivity index (χ2v) is 5.50. The fourth-order valence-corrected chi connectivity index (χ4v) is 2.63. The van der Waals surface area contributed by atoms with E-state index in [9.17, 15) is 4.79 Å². The summed E-state index contributed by atoms with van der Waals surface area (Å²) in [6.07, 6.45) is 6.68. The van der Waals surface area contributed by atoms with Gasteiger partial charge in [-0.1, -0.05) is 26.7 Å². The highest BCUT2D eigenvalue weighted by atomic mass is 16.5. The molecular formula is C14H26N2O2. The highest BCUT2D eigenvalue weighted by Crippen LogP contribution is 2.42. The summed E-state index contributed by atoms with van der Waals surface area (Å²) in [6, 6.07) is 0. The minimum Gasteiger partial charge on any atom is -0.380 e. The lowest BCUT2D eigenvalue weighted by molar-refractivity contribution is -0.131. The van der Waals surface area contributed by atoms with Gasteiger partial charge < -0.3 is 9.64 Å². The van der Waals surface area contributed by atoms with Gasteiger partial charge in [0.1, 0.15) is 0 Å². The van der Waals surface area contributed by atoms with E-state index >= 15 is 0 Å². The molecule has 0 aromatic heterocycles. The van der Waals surface area contributed by atoms with Crippen molar-refractivity contribution in [2.45, 2.75) is 64.1 Å². The number of hydrogen-bond donors (Lipinski definition) is 1. The van der Waals surface area contributed by atoms with E-state index in [0.717, 1.165) is 51.7 Å². The SMILES string of the molecule is CCCCOCCN1C(=O)C2(CC2)NC1CCC. The van der Waals surface area contributed by atoms with Gasteiger partial charge in [0.15, 0.2) is 0 Å². The van der Waals surface area contributed by atoms with Gasteiger partial charge in [0.05, 0.1) is 18.3 Å². The number of nitrogens with zero attached hydrogens (tertiary/aromatic N) is 1. The van der Waals surface area contributed by atoms with Crippen LogP contribution in [0.1, 0.15) is 52.4 Å². The molecule has 2 aliphatic rings. The molecule has 2 rings (SSSR count). The first-order valence-corrected chi connectivity index (χ1v) is 7.40. The average molecular weight is 254 g/mol. The predicted molar refractivity (Wildman–Crippen MR) is 71.2 cm³/mol. The Morgan fingerprint density at radius 1 is 1.33 bits per heavy atom. The molecule has 1 heterocycles. The van der Waals surface area contributed by atoms with Gasteiger partial charge in [0.25, 0.3) is 0 Å². The van der Waals surface area contributed by atoms with E-state index < -0.39 is 0 Å². The summed E-state index contributed by atoms with van der Waals surface area (Å²) in [4.78, 5) is 14.3. The van der Waals surface area contributed by atoms with Gasteiger partial charge in [-0.15, -0.1) is 0 Å². The van der Waals surface area contributed by atoms with Gasteiger partial charge >= 0.3 is 0 Å². The molecule has 18 heavy (non-hydrogen) atoms. The molecule has 0 radical (unpaired) electrons. The second kappa shape index (κ2) is 6.02. The molecule has 0 aromatic rings. The van der Waals surface area contributed by atoms with Crippen molar-refractivity contribution in [2.75, 3.05) is 19.8 Å². The summed E-state index contributed by atoms with van der Waals surface area (Å²) >= 11 is 0. The fourth-order valence-electron chi connectivity index (χ4n) is 2.63. The predicted octanol–water partition coefficient (Wildman–Crippen LogP) is 1.89. The third-order valence-corrected chi connectivity index (χ3v) is 3.92. The molecule has 4 heteroatoms. The number of ether oxygens (including phenoxy) is 1. The summed E-state index contributed by atoms with van der Waals surface area (Å²) in [5.41, 5.74) is -0.177. The largest absolute Gasteiger partial charge is 0.380 e. The molecular weight excluding hydrogens is 228 g/mol. The zero-order valence-corrected chi connectivity index (χ0v) is 11.7. The molecule has 1 spiro atoms. The maximum Gasteiger partial charge on any atom is 0.244 e. The van der Waals surface area contributed by atoms with Gasteiger partial charge in [-0.25, -0.2) is 0 Å². The highest BCUT2D eigenvalue weighted by Gasteiger charge is 2.58. The quantitative estimate of drug-likeness (QED) is 0.673. The molecule has 104 valence electrons. The van der Waals surface area contributed by atoms with Crippen LogP contribution in [-0.2, 0) is 9.53 Å². The van der Waals surface area contributed by atoms with Gasteiger partial charge in [-0.2, -0.15) is 0 Å². The number of unbranched alkanes of at least 4 members (excludes halogenated alkanes) is 1. The average Bonchev–Trinajstić information content (AvgIpc) is 3.09. The van der Waals surface area contributed by atoms with Crippen molar-refractivity contribution in [1.29, 1.82) is 0 Å². The Labute approximate surface area is 110 Å². The molecule has 4 nitrogen and oxygen atoms in total. The molecule has 0 aromatic carbocycles. The van der Waals surface area contributed by atoms with Crippen molar-refractivity contribution in [3.05, 3.63) is 0 Å². The van der Waals surface area contributed by atoms with Crippen LogP contribution in [-0.4, -0.2) is 42.3 Å². The summed E-state index contributed by atoms with van der Waals surface area (Å²) < 4.78 is 5.58. The van der Waals surface area contributed by atoms with Crippen molar-refractivity contribution >= 4 is 5.91 Å². The van der Waals surface area contributed by atoms with E-state index in [0.29, 0.717) is 12.5 Å². The summed E-state index contributed by atoms with van der Waals surface area (Å²) in [5, 5.41) is 3.51. The molecule has 1 atom stereocenters. The number of amides is 1. The van der Waals surface area contributed by atoms with E-state index in [4.69, 9.17) is 4.74 Å². The molecule has 1 aliphatic heterocycles. The van der Waals surface area contributed by atoms with E-state index in [1.54, 1.807) is 0 Å². The Morgan fingerprint density at radius 2 is 2.11 bits per heavy atom. The monoisotopic (exact) mass is 254 g/mol. The number of carbonyl (C=O) groups is 1. The van der Waals surface area contributed by atoms with Crippen LogP contribution in [0.3, 0.4) is 0 Å². The number of nitrogens with one attached hydrogen (secondary N) is 1. The molecule has 1 aliphatic carbocycles. The van der Waals surface area contributed by atoms with E-state index in [1.165, 1.54) is 0 Å². The van der Waals surface area contributed by atoms with Crippen LogP contribution < -0.4 is 5.32 Å². The van der Waals surface area contributed by atoms with Crippen LogP contribution in [0.2, 0.25) is 0 Å². The first-order valence-electron chi connectivity index (χ1n) is 7.40. The van der Waals surface area contributed by atoms with Crippen molar-refractivity contribution < 1.29 is 9.53 Å². The summed E-state index contributed by atoms with van der Waals surface area (Å²) in [5.74, 6) is 0.306. The zero-order chi connectivity index (χ0) is 13.0. The van der Waals surface area contributed by atoms with Gasteiger partial charge in [-0.05, 0) is 25.7 Å². The Kier molecular flexibility index (Phi) is 4.62. The topological polar surface area (TPSA) is 41.6 Å². The standard InChI is InChI=1S/C14H26N2O2/c1-3-5-10-18-11-9-16-12(6-4-2)15-14(7-8-14)13(16)17/h12,15H,3-11H2,1-2H3. The fraction of sp³-hybridized carbons (Fsp3) is 0.929. The molecule has 2 fully saturated rings. The van der Waals surface area contributed by atoms with Crippen molar-refractivity contribution in [3.8, 4) is 0 Å². The lowest BCUT2D eigenvalue weighted by Crippen LogP contribution is -2.39. The maximum atomic E-state index is 12.3. The Balaban J connectivity index is 1.78. The molecule has 1 saturated heterocycles. The van der Waals surface area contributed by atoms with Crippen LogP contribution in [0.5, 0.6) is 0 Å². The smallest absolute Gasteiger partial charge is 0.244 e. The second-order valence-electron chi connectivity index (χ2n) is 5.50. The van der Waals surface area contributed by atoms with Gasteiger partial charge in [-0.3, -0.25) is 10.1 Å². The van der Waals surface area contributed by atoms with Crippen LogP contribution >= 0.6 is 0 Å². The van der Waals surface area contributed by atoms with E-state index in [2.05, 4.69) is 19.2 Å². The first kappa shape index (κ1) is 13.8. The zero-order valence-electron chi connectivity index (χ0n) is 11.7. The maximum absolute atomic E-state index is 12.3. The molecule has 1 unspecified atom stereocenters. The minimum atomic E-state index is -0.177. The lowest BCUT2D eigenvalue weighted by Gasteiger charge is -2.23. The summed E-state index contributed by atoms with van der Waals surface area (Å²) in [6.45, 7) is 6.55. The van der Waals surface area contributed by atoms with Crippen LogP contribution in [0.4, 0.5) is 0 Å². The highest BCUT2D eigenvalue weighted by molar-refractivity contribution is 5.91. The molecule has 1 amide bonds. The van der Waals surface area contributed by atoms with E-state index in [-0.39, 0.29) is 11.7 Å². The Morgan fingerprint density at radius 3 is 2.72 bits per heavy atom. The minimum absolute atomic E-state index is 0.177. The van der Waals surface area contributed by atoms with Crippen molar-refractivity contribution in [3.63, 3.8) is 0 Å². The molecule has 1 saturated carbocycles. The normalized spacial score (nSPS) is 25.1. The number of rotatable bonds is 8. The van der Waals surface area contributed by atoms with Gasteiger partial charge in [0.2, 0.25) is 5.91 Å². The Bertz CT molecular complexity index is 290.